The van der Waals surface area contributed by atoms with Gasteiger partial charge in [-0.1, -0.05) is 12.1 Å². The highest BCUT2D eigenvalue weighted by molar-refractivity contribution is 14.0. The monoisotopic (exact) mass is 436 g/mol. The van der Waals surface area contributed by atoms with Gasteiger partial charge in [0.1, 0.15) is 5.82 Å². The van der Waals surface area contributed by atoms with E-state index in [1.54, 1.807) is 32.0 Å². The predicted molar refractivity (Wildman–Crippen MR) is 103 cm³/mol. The number of aliphatic imine (C=N–C) groups is 1. The van der Waals surface area contributed by atoms with Gasteiger partial charge in [0.15, 0.2) is 5.96 Å². The van der Waals surface area contributed by atoms with E-state index in [1.807, 2.05) is 13.0 Å². The Morgan fingerprint density at radius 1 is 1.30 bits per heavy atom. The van der Waals surface area contributed by atoms with Crippen molar-refractivity contribution in [3.8, 4) is 0 Å². The highest BCUT2D eigenvalue weighted by Crippen LogP contribution is 2.09. The fraction of sp³-hybridized carbons (Fsp3) is 0.500. The van der Waals surface area contributed by atoms with Crippen molar-refractivity contribution >= 4 is 35.8 Å². The zero-order valence-corrected chi connectivity index (χ0v) is 16.5. The summed E-state index contributed by atoms with van der Waals surface area (Å²) >= 11 is 0. The number of rotatable bonds is 6. The average Bonchev–Trinajstić information content (AvgIpc) is 2.47. The van der Waals surface area contributed by atoms with Crippen molar-refractivity contribution in [1.82, 2.24) is 15.5 Å². The quantitative estimate of drug-likeness (QED) is 0.409. The first-order valence-electron chi connectivity index (χ1n) is 7.41. The number of nitrogens with zero attached hydrogens (tertiary/aromatic N) is 2. The topological polar surface area (TPSA) is 56.7 Å². The molecule has 1 rings (SSSR count). The second kappa shape index (κ2) is 11.2. The van der Waals surface area contributed by atoms with Crippen LogP contribution in [0.4, 0.5) is 4.39 Å². The van der Waals surface area contributed by atoms with Crippen molar-refractivity contribution in [2.24, 2.45) is 4.99 Å². The summed E-state index contributed by atoms with van der Waals surface area (Å²) in [5, 5.41) is 6.20. The molecule has 0 aliphatic heterocycles. The number of nitrogens with one attached hydrogen (secondary N) is 2. The molecule has 0 spiro atoms. The molecule has 2 N–H and O–H groups in total. The summed E-state index contributed by atoms with van der Waals surface area (Å²) in [6, 6.07) is 5.11. The van der Waals surface area contributed by atoms with Gasteiger partial charge in [-0.15, -0.1) is 24.0 Å². The van der Waals surface area contributed by atoms with Crippen LogP contribution < -0.4 is 10.6 Å². The Hall–Kier alpha value is -1.38. The molecule has 0 saturated carbocycles. The minimum Gasteiger partial charge on any atom is -0.357 e. The van der Waals surface area contributed by atoms with Gasteiger partial charge in [0.05, 0.1) is 6.54 Å². The van der Waals surface area contributed by atoms with Gasteiger partial charge in [0, 0.05) is 33.6 Å². The normalized spacial score (nSPS) is 10.7. The van der Waals surface area contributed by atoms with E-state index in [2.05, 4.69) is 15.6 Å². The SMILES string of the molecule is CCNC(=NCc1ccc(C)c(F)c1)NCCC(=O)N(C)C.I. The van der Waals surface area contributed by atoms with Gasteiger partial charge in [-0.25, -0.2) is 9.38 Å². The first kappa shape index (κ1) is 21.6. The summed E-state index contributed by atoms with van der Waals surface area (Å²) in [6.07, 6.45) is 0.399. The number of guanidine groups is 1. The highest BCUT2D eigenvalue weighted by atomic mass is 127. The number of hydrogen-bond acceptors (Lipinski definition) is 2. The Kier molecular flexibility index (Phi) is 10.5. The van der Waals surface area contributed by atoms with Crippen LogP contribution in [0, 0.1) is 12.7 Å². The van der Waals surface area contributed by atoms with Gasteiger partial charge in [-0.2, -0.15) is 0 Å². The van der Waals surface area contributed by atoms with Crippen LogP contribution in [0.15, 0.2) is 23.2 Å². The molecule has 0 atom stereocenters. The average molecular weight is 436 g/mol. The predicted octanol–water partition coefficient (Wildman–Crippen LogP) is 2.29. The molecule has 0 bridgehead atoms. The Morgan fingerprint density at radius 3 is 2.57 bits per heavy atom. The van der Waals surface area contributed by atoms with E-state index in [0.29, 0.717) is 31.0 Å². The van der Waals surface area contributed by atoms with Crippen molar-refractivity contribution in [3.05, 3.63) is 35.1 Å². The second-order valence-electron chi connectivity index (χ2n) is 5.24. The highest BCUT2D eigenvalue weighted by Gasteiger charge is 2.04. The molecule has 1 amide bonds. The number of amides is 1. The molecule has 0 saturated heterocycles. The van der Waals surface area contributed by atoms with Crippen LogP contribution in [0.1, 0.15) is 24.5 Å². The van der Waals surface area contributed by atoms with Crippen molar-refractivity contribution in [2.75, 3.05) is 27.2 Å². The van der Waals surface area contributed by atoms with Gasteiger partial charge in [-0.05, 0) is 31.0 Å². The molecule has 23 heavy (non-hydrogen) atoms. The smallest absolute Gasteiger partial charge is 0.223 e. The van der Waals surface area contributed by atoms with Gasteiger partial charge in [-0.3, -0.25) is 4.79 Å². The molecule has 0 fully saturated rings. The van der Waals surface area contributed by atoms with Crippen LogP contribution in [0.2, 0.25) is 0 Å². The minimum atomic E-state index is -0.220. The molecular formula is C16H26FIN4O. The molecule has 1 aromatic carbocycles. The van der Waals surface area contributed by atoms with Crippen molar-refractivity contribution in [2.45, 2.75) is 26.8 Å². The Balaban J connectivity index is 0.00000484. The molecule has 7 heteroatoms. The number of halogens is 2. The van der Waals surface area contributed by atoms with Crippen LogP contribution >= 0.6 is 24.0 Å². The number of benzene rings is 1. The van der Waals surface area contributed by atoms with Crippen LogP contribution in [-0.2, 0) is 11.3 Å². The van der Waals surface area contributed by atoms with E-state index < -0.39 is 0 Å². The first-order valence-corrected chi connectivity index (χ1v) is 7.41. The molecule has 0 heterocycles. The lowest BCUT2D eigenvalue weighted by atomic mass is 10.1. The van der Waals surface area contributed by atoms with Gasteiger partial charge in [0.25, 0.3) is 0 Å². The van der Waals surface area contributed by atoms with E-state index >= 15 is 0 Å². The fourth-order valence-electron chi connectivity index (χ4n) is 1.76. The van der Waals surface area contributed by atoms with E-state index in [9.17, 15) is 9.18 Å². The largest absolute Gasteiger partial charge is 0.357 e. The van der Waals surface area contributed by atoms with Crippen LogP contribution in [0.3, 0.4) is 0 Å². The van der Waals surface area contributed by atoms with E-state index in [1.165, 1.54) is 6.07 Å². The van der Waals surface area contributed by atoms with Crippen LogP contribution in [-0.4, -0.2) is 44.0 Å². The van der Waals surface area contributed by atoms with Gasteiger partial charge < -0.3 is 15.5 Å². The summed E-state index contributed by atoms with van der Waals surface area (Å²) in [7, 11) is 3.46. The molecule has 0 aliphatic carbocycles. The number of carbonyl (C=O) groups excluding carboxylic acids is 1. The van der Waals surface area contributed by atoms with Crippen LogP contribution in [0.5, 0.6) is 0 Å². The van der Waals surface area contributed by atoms with Gasteiger partial charge in [0.2, 0.25) is 5.91 Å². The lowest BCUT2D eigenvalue weighted by molar-refractivity contribution is -0.128. The minimum absolute atomic E-state index is 0. The summed E-state index contributed by atoms with van der Waals surface area (Å²) < 4.78 is 13.5. The maximum absolute atomic E-state index is 13.5. The molecule has 1 aromatic rings. The summed E-state index contributed by atoms with van der Waals surface area (Å²) in [5.74, 6) is 0.459. The molecule has 0 radical (unpaired) electrons. The molecule has 0 unspecified atom stereocenters. The lowest BCUT2D eigenvalue weighted by Gasteiger charge is -2.13. The zero-order valence-electron chi connectivity index (χ0n) is 14.1. The third-order valence-electron chi connectivity index (χ3n) is 3.13. The lowest BCUT2D eigenvalue weighted by Crippen LogP contribution is -2.39. The van der Waals surface area contributed by atoms with Crippen molar-refractivity contribution in [1.29, 1.82) is 0 Å². The van der Waals surface area contributed by atoms with E-state index in [-0.39, 0.29) is 35.7 Å². The van der Waals surface area contributed by atoms with Crippen molar-refractivity contribution < 1.29 is 9.18 Å². The first-order chi connectivity index (χ1) is 10.4. The summed E-state index contributed by atoms with van der Waals surface area (Å²) in [5.41, 5.74) is 1.43. The van der Waals surface area contributed by atoms with E-state index in [4.69, 9.17) is 0 Å². The van der Waals surface area contributed by atoms with Crippen LogP contribution in [0.25, 0.3) is 0 Å². The summed E-state index contributed by atoms with van der Waals surface area (Å²) in [4.78, 5) is 17.5. The Morgan fingerprint density at radius 2 is 2.00 bits per heavy atom. The number of aryl methyl sites for hydroxylation is 1. The maximum atomic E-state index is 13.5. The third kappa shape index (κ3) is 8.15. The number of hydrogen-bond donors (Lipinski definition) is 2. The Bertz CT molecular complexity index is 535. The Labute approximate surface area is 154 Å². The number of carbonyl (C=O) groups is 1. The summed E-state index contributed by atoms with van der Waals surface area (Å²) in [6.45, 7) is 5.30. The zero-order chi connectivity index (χ0) is 16.5. The second-order valence-corrected chi connectivity index (χ2v) is 5.24. The molecule has 0 aromatic heterocycles. The van der Waals surface area contributed by atoms with Gasteiger partial charge >= 0.3 is 0 Å². The standard InChI is InChI=1S/C16H25FN4O.HI/c1-5-18-16(19-9-8-15(22)21(3)4)20-11-13-7-6-12(2)14(17)10-13;/h6-7,10H,5,8-9,11H2,1-4H3,(H2,18,19,20);1H. The molecular weight excluding hydrogens is 410 g/mol. The third-order valence-corrected chi connectivity index (χ3v) is 3.13. The van der Waals surface area contributed by atoms with Crippen molar-refractivity contribution in [3.63, 3.8) is 0 Å². The maximum Gasteiger partial charge on any atom is 0.223 e. The fourth-order valence-corrected chi connectivity index (χ4v) is 1.76. The molecule has 130 valence electrons. The molecule has 0 aliphatic rings. The van der Waals surface area contributed by atoms with E-state index in [0.717, 1.165) is 12.1 Å². The molecule has 5 nitrogen and oxygen atoms in total.